The molecule has 1 aromatic heterocycles. The number of halogens is 1. The summed E-state index contributed by atoms with van der Waals surface area (Å²) in [5, 5.41) is 9.10. The van der Waals surface area contributed by atoms with Crippen molar-refractivity contribution in [3.63, 3.8) is 0 Å². The first-order chi connectivity index (χ1) is 8.99. The first kappa shape index (κ1) is 13.5. The number of aryl methyl sites for hydroxylation is 1. The molecular weight excluding hydrogens is 363 g/mol. The van der Waals surface area contributed by atoms with Gasteiger partial charge in [-0.3, -0.25) is 4.79 Å². The quantitative estimate of drug-likeness (QED) is 0.833. The summed E-state index contributed by atoms with van der Waals surface area (Å²) in [5.41, 5.74) is -0.447. The van der Waals surface area contributed by atoms with Crippen molar-refractivity contribution in [1.82, 2.24) is 9.55 Å². The van der Waals surface area contributed by atoms with Crippen LogP contribution in [0.4, 0.5) is 0 Å². The number of carboxylic acids is 1. The van der Waals surface area contributed by atoms with Crippen molar-refractivity contribution in [2.24, 2.45) is 7.05 Å². The average molecular weight is 372 g/mol. The highest BCUT2D eigenvalue weighted by atomic mass is 127. The molecule has 1 aromatic carbocycles. The Bertz CT molecular complexity index is 696. The van der Waals surface area contributed by atoms with Gasteiger partial charge in [0.2, 0.25) is 0 Å². The number of hydrogen-bond donors (Lipinski definition) is 1. The van der Waals surface area contributed by atoms with E-state index in [0.29, 0.717) is 0 Å². The van der Waals surface area contributed by atoms with Gasteiger partial charge in [-0.25, -0.2) is 9.78 Å². The van der Waals surface area contributed by atoms with E-state index in [0.717, 1.165) is 3.57 Å². The van der Waals surface area contributed by atoms with E-state index in [-0.39, 0.29) is 17.2 Å². The highest BCUT2D eigenvalue weighted by molar-refractivity contribution is 14.1. The Kier molecular flexibility index (Phi) is 3.84. The topological polar surface area (TPSA) is 81.4 Å². The third kappa shape index (κ3) is 2.92. The number of benzene rings is 1. The van der Waals surface area contributed by atoms with Gasteiger partial charge in [0.25, 0.3) is 5.88 Å². The van der Waals surface area contributed by atoms with E-state index in [9.17, 15) is 9.59 Å². The smallest absolute Gasteiger partial charge is 0.339 e. The van der Waals surface area contributed by atoms with Crippen molar-refractivity contribution >= 4 is 28.6 Å². The maximum absolute atomic E-state index is 11.7. The summed E-state index contributed by atoms with van der Waals surface area (Å²) < 4.78 is 7.37. The van der Waals surface area contributed by atoms with Crippen LogP contribution in [-0.2, 0) is 7.05 Å². The van der Waals surface area contributed by atoms with Gasteiger partial charge in [0, 0.05) is 23.0 Å². The zero-order chi connectivity index (χ0) is 14.0. The number of hydrogen-bond acceptors (Lipinski definition) is 4. The van der Waals surface area contributed by atoms with Crippen LogP contribution in [0.2, 0.25) is 0 Å². The number of rotatable bonds is 3. The van der Waals surface area contributed by atoms with E-state index < -0.39 is 11.5 Å². The van der Waals surface area contributed by atoms with Crippen LogP contribution in [-0.4, -0.2) is 20.6 Å². The number of aromatic nitrogens is 2. The van der Waals surface area contributed by atoms with E-state index in [1.807, 2.05) is 22.6 Å². The summed E-state index contributed by atoms with van der Waals surface area (Å²) in [5.74, 6) is -1.20. The van der Waals surface area contributed by atoms with Crippen molar-refractivity contribution < 1.29 is 14.6 Å². The maximum atomic E-state index is 11.7. The monoisotopic (exact) mass is 372 g/mol. The molecule has 0 aliphatic carbocycles. The lowest BCUT2D eigenvalue weighted by Gasteiger charge is -2.08. The zero-order valence-corrected chi connectivity index (χ0v) is 12.0. The molecule has 1 N–H and O–H groups in total. The molecule has 0 radical (unpaired) electrons. The van der Waals surface area contributed by atoms with Crippen LogP contribution >= 0.6 is 22.6 Å². The van der Waals surface area contributed by atoms with E-state index >= 15 is 0 Å². The SMILES string of the molecule is Cn1ccnc(Oc2ccc(I)cc2C(=O)O)c1=O. The summed E-state index contributed by atoms with van der Waals surface area (Å²) in [6, 6.07) is 4.65. The van der Waals surface area contributed by atoms with Crippen LogP contribution in [0, 0.1) is 3.57 Å². The molecule has 0 amide bonds. The fourth-order valence-corrected chi connectivity index (χ4v) is 1.90. The molecular formula is C12H9IN2O4. The predicted molar refractivity (Wildman–Crippen MR) is 75.7 cm³/mol. The fourth-order valence-electron chi connectivity index (χ4n) is 1.41. The second kappa shape index (κ2) is 5.39. The molecule has 2 rings (SSSR count). The molecule has 0 bridgehead atoms. The lowest BCUT2D eigenvalue weighted by molar-refractivity contribution is 0.0694. The second-order valence-electron chi connectivity index (χ2n) is 3.70. The number of nitrogens with zero attached hydrogens (tertiary/aromatic N) is 2. The number of aromatic carboxylic acids is 1. The minimum atomic E-state index is -1.12. The Hall–Kier alpha value is -1.90. The molecule has 0 aliphatic heterocycles. The fraction of sp³-hybridized carbons (Fsp3) is 0.0833. The van der Waals surface area contributed by atoms with E-state index in [1.54, 1.807) is 13.1 Å². The van der Waals surface area contributed by atoms with Crippen molar-refractivity contribution in [3.05, 3.63) is 50.1 Å². The van der Waals surface area contributed by atoms with Gasteiger partial charge in [0.1, 0.15) is 11.3 Å². The Morgan fingerprint density at radius 1 is 1.47 bits per heavy atom. The molecule has 0 fully saturated rings. The molecule has 19 heavy (non-hydrogen) atoms. The Morgan fingerprint density at radius 3 is 2.89 bits per heavy atom. The van der Waals surface area contributed by atoms with Gasteiger partial charge in [-0.15, -0.1) is 0 Å². The van der Waals surface area contributed by atoms with Crippen LogP contribution in [0.5, 0.6) is 11.6 Å². The van der Waals surface area contributed by atoms with Crippen molar-refractivity contribution in [2.45, 2.75) is 0 Å². The Balaban J connectivity index is 2.47. The standard InChI is InChI=1S/C12H9IN2O4/c1-15-5-4-14-10(11(15)16)19-9-3-2-7(13)6-8(9)12(17)18/h2-6H,1H3,(H,17,18). The largest absolute Gasteiger partial charge is 0.478 e. The summed E-state index contributed by atoms with van der Waals surface area (Å²) in [7, 11) is 1.56. The third-order valence-electron chi connectivity index (χ3n) is 2.36. The molecule has 0 saturated carbocycles. The first-order valence-electron chi connectivity index (χ1n) is 5.21. The van der Waals surface area contributed by atoms with E-state index in [4.69, 9.17) is 9.84 Å². The molecule has 0 atom stereocenters. The Morgan fingerprint density at radius 2 is 2.21 bits per heavy atom. The molecule has 0 spiro atoms. The molecule has 98 valence electrons. The number of ether oxygens (including phenoxy) is 1. The zero-order valence-electron chi connectivity index (χ0n) is 9.83. The summed E-state index contributed by atoms with van der Waals surface area (Å²) >= 11 is 2.00. The van der Waals surface area contributed by atoms with Gasteiger partial charge >= 0.3 is 11.5 Å². The molecule has 6 nitrogen and oxygen atoms in total. The summed E-state index contributed by atoms with van der Waals surface area (Å²) in [6.45, 7) is 0. The summed E-state index contributed by atoms with van der Waals surface area (Å²) in [4.78, 5) is 26.7. The Labute approximate surface area is 121 Å². The van der Waals surface area contributed by atoms with Gasteiger partial charge < -0.3 is 14.4 Å². The molecule has 0 unspecified atom stereocenters. The highest BCUT2D eigenvalue weighted by Gasteiger charge is 2.14. The van der Waals surface area contributed by atoms with Crippen LogP contribution in [0.15, 0.2) is 35.4 Å². The predicted octanol–water partition coefficient (Wildman–Crippen LogP) is 1.88. The van der Waals surface area contributed by atoms with Crippen LogP contribution < -0.4 is 10.3 Å². The molecule has 1 heterocycles. The normalized spacial score (nSPS) is 10.2. The molecule has 0 aliphatic rings. The lowest BCUT2D eigenvalue weighted by Crippen LogP contribution is -2.18. The summed E-state index contributed by atoms with van der Waals surface area (Å²) in [6.07, 6.45) is 2.89. The first-order valence-corrected chi connectivity index (χ1v) is 6.29. The lowest BCUT2D eigenvalue weighted by atomic mass is 10.2. The van der Waals surface area contributed by atoms with Gasteiger partial charge in [-0.2, -0.15) is 0 Å². The van der Waals surface area contributed by atoms with Gasteiger partial charge in [-0.05, 0) is 40.8 Å². The molecule has 7 heteroatoms. The van der Waals surface area contributed by atoms with Crippen LogP contribution in [0.3, 0.4) is 0 Å². The van der Waals surface area contributed by atoms with Crippen molar-refractivity contribution in [3.8, 4) is 11.6 Å². The maximum Gasteiger partial charge on any atom is 0.339 e. The van der Waals surface area contributed by atoms with Crippen molar-refractivity contribution in [1.29, 1.82) is 0 Å². The van der Waals surface area contributed by atoms with Crippen LogP contribution in [0.1, 0.15) is 10.4 Å². The third-order valence-corrected chi connectivity index (χ3v) is 3.04. The minimum absolute atomic E-state index is 0.0143. The number of carbonyl (C=O) groups is 1. The second-order valence-corrected chi connectivity index (χ2v) is 4.94. The highest BCUT2D eigenvalue weighted by Crippen LogP contribution is 2.24. The minimum Gasteiger partial charge on any atom is -0.478 e. The van der Waals surface area contributed by atoms with Crippen LogP contribution in [0.25, 0.3) is 0 Å². The van der Waals surface area contributed by atoms with Gasteiger partial charge in [0.05, 0.1) is 0 Å². The van der Waals surface area contributed by atoms with Crippen molar-refractivity contribution in [2.75, 3.05) is 0 Å². The van der Waals surface area contributed by atoms with Gasteiger partial charge in [-0.1, -0.05) is 0 Å². The molecule has 2 aromatic rings. The van der Waals surface area contributed by atoms with E-state index in [2.05, 4.69) is 4.98 Å². The average Bonchev–Trinajstić information content (AvgIpc) is 2.36. The van der Waals surface area contributed by atoms with Gasteiger partial charge in [0.15, 0.2) is 0 Å². The number of carboxylic acid groups (broad SMARTS) is 1. The van der Waals surface area contributed by atoms with E-state index in [1.165, 1.54) is 29.1 Å². The molecule has 0 saturated heterocycles.